The van der Waals surface area contributed by atoms with E-state index < -0.39 is 323 Å². The summed E-state index contributed by atoms with van der Waals surface area (Å²) >= 11 is 0. The number of allylic oxidation sites excluding steroid dienone is 2. The van der Waals surface area contributed by atoms with Crippen molar-refractivity contribution in [1.82, 2.24) is 5.48 Å². The summed E-state index contributed by atoms with van der Waals surface area (Å²) in [5, 5.41) is 223. The number of aromatic hydroxyl groups is 1. The number of aliphatic hydroxyl groups excluding tert-OH is 19. The number of nitrogens with one attached hydrogen (secondary N) is 1. The first-order valence-electron chi connectivity index (χ1n) is 40.9. The first kappa shape index (κ1) is 92.5. The number of hydrogen-bond donors (Lipinski definition) is 21. The number of fused-ring (bicyclic) bond motifs is 7. The number of benzene rings is 1. The van der Waals surface area contributed by atoms with E-state index in [0.29, 0.717) is 32.1 Å². The van der Waals surface area contributed by atoms with Gasteiger partial charge in [-0.15, -0.1) is 0 Å². The number of amides is 1. The van der Waals surface area contributed by atoms with Crippen molar-refractivity contribution in [1.29, 1.82) is 0 Å². The van der Waals surface area contributed by atoms with Crippen LogP contribution >= 0.6 is 0 Å². The largest absolute Gasteiger partial charge is 0.507 e. The predicted molar refractivity (Wildman–Crippen MR) is 393 cm³/mol. The molecule has 40 heteroatoms. The standard InChI is InChI=1S/C79H121NO39/c1-29-46(88)53(95)62(116-66-56(98)47(89)36(86)27-104-66)70(106-29)105-28-40-51(93)55(97)64(119-80-31(3)84)72(111-40)113-44-18-19-76(8)41(75(44,6)7)17-20-77(9)42(76)16-15-33-34-21-74(4,5)45(112-65(102)32-13-11-12-14-35(32)85)23-79(34,43(87)22-78(33,77)10)73(103)118-71-63(54(96)49(91)38(25-82)110-71)117-69-59(101)61(115-68-58(100)52(94)48(90)37(24-81)108-68)60(30(2)107-69)114-67-57(99)50(92)39(26-83)109-67/h11-15,29-30,34,36-64,66-72,81-83,85-101H,16-28H2,1-10H3,(H,80,84)/t29-,30+,34+,36-,37-,38-,39+,40-,41?,42-,43-,44+,45+,46+,47+,48-,49-,50+,51-,52+,53+,54+,55+,56-,57-,58-,59-,60+,61+,62-,63-,64-,66+,67+,68+,69+,70-,71+,72+,76+,77-,78-,79-/m1/s1. The smallest absolute Gasteiger partial charge is 0.342 e. The molecular formula is C79H121NO39. The van der Waals surface area contributed by atoms with Crippen LogP contribution in [0.5, 0.6) is 5.75 Å². The summed E-state index contributed by atoms with van der Waals surface area (Å²) in [5.74, 6) is -4.50. The summed E-state index contributed by atoms with van der Waals surface area (Å²) < 4.78 is 91.8. The zero-order valence-corrected chi connectivity index (χ0v) is 67.8. The van der Waals surface area contributed by atoms with Gasteiger partial charge in [-0.05, 0) is 110 Å². The minimum atomic E-state index is -2.24. The van der Waals surface area contributed by atoms with Gasteiger partial charge >= 0.3 is 11.9 Å². The van der Waals surface area contributed by atoms with E-state index in [-0.39, 0.29) is 30.2 Å². The molecule has 12 aliphatic rings. The van der Waals surface area contributed by atoms with E-state index in [1.807, 2.05) is 13.8 Å². The molecule has 1 unspecified atom stereocenters. The van der Waals surface area contributed by atoms with Gasteiger partial charge in [0.15, 0.2) is 49.9 Å². The number of hydrogen-bond acceptors (Lipinski definition) is 39. The van der Waals surface area contributed by atoms with Gasteiger partial charge in [-0.3, -0.25) is 14.4 Å². The molecule has 43 atom stereocenters. The number of hydroxylamine groups is 1. The number of phenols is 1. The van der Waals surface area contributed by atoms with Crippen molar-refractivity contribution in [2.45, 2.75) is 342 Å². The molecule has 21 N–H and O–H groups in total. The minimum absolute atomic E-state index is 0.0308. The monoisotopic (exact) mass is 1710 g/mol. The van der Waals surface area contributed by atoms with Gasteiger partial charge < -0.3 is 173 Å². The van der Waals surface area contributed by atoms with Crippen molar-refractivity contribution in [3.05, 3.63) is 41.5 Å². The van der Waals surface area contributed by atoms with Gasteiger partial charge in [-0.1, -0.05) is 72.2 Å². The second-order valence-corrected chi connectivity index (χ2v) is 36.6. The minimum Gasteiger partial charge on any atom is -0.507 e. The Kier molecular flexibility index (Phi) is 27.7. The van der Waals surface area contributed by atoms with Crippen molar-refractivity contribution < 1.29 is 192 Å². The first-order valence-corrected chi connectivity index (χ1v) is 40.9. The average molecular weight is 1710 g/mol. The third kappa shape index (κ3) is 16.6. The van der Waals surface area contributed by atoms with Crippen LogP contribution in [0.3, 0.4) is 0 Å². The highest BCUT2D eigenvalue weighted by Gasteiger charge is 2.74. The third-order valence-electron chi connectivity index (χ3n) is 28.8. The van der Waals surface area contributed by atoms with Crippen molar-refractivity contribution in [2.24, 2.45) is 50.2 Å². The number of ether oxygens (including phenoxy) is 15. The normalized spacial score (nSPS) is 50.3. The Morgan fingerprint density at radius 2 is 1.03 bits per heavy atom. The van der Waals surface area contributed by atoms with Gasteiger partial charge in [-0.2, -0.15) is 0 Å². The summed E-state index contributed by atoms with van der Waals surface area (Å²) in [7, 11) is 0. The number of carbonyl (C=O) groups excluding carboxylic acids is 3. The van der Waals surface area contributed by atoms with Crippen molar-refractivity contribution >= 4 is 17.8 Å². The van der Waals surface area contributed by atoms with Crippen LogP contribution in [0.2, 0.25) is 0 Å². The fourth-order valence-corrected chi connectivity index (χ4v) is 21.6. The lowest BCUT2D eigenvalue weighted by Gasteiger charge is -2.72. The molecule has 7 heterocycles. The topological polar surface area (TPSA) is 616 Å². The molecule has 676 valence electrons. The number of esters is 2. The maximum Gasteiger partial charge on any atom is 0.342 e. The highest BCUT2D eigenvalue weighted by molar-refractivity contribution is 5.92. The maximum atomic E-state index is 16.5. The van der Waals surface area contributed by atoms with Gasteiger partial charge in [0, 0.05) is 18.8 Å². The van der Waals surface area contributed by atoms with Crippen LogP contribution in [-0.2, 0) is 85.5 Å². The highest BCUT2D eigenvalue weighted by atomic mass is 16.8. The molecule has 119 heavy (non-hydrogen) atoms. The van der Waals surface area contributed by atoms with Crippen LogP contribution in [0.4, 0.5) is 0 Å². The molecule has 4 saturated carbocycles. The first-order chi connectivity index (χ1) is 55.9. The molecule has 5 aliphatic carbocycles. The van der Waals surface area contributed by atoms with E-state index in [4.69, 9.17) is 75.9 Å². The fourth-order valence-electron chi connectivity index (χ4n) is 21.6. The van der Waals surface area contributed by atoms with Crippen LogP contribution in [0.25, 0.3) is 0 Å². The number of para-hydroxylation sites is 1. The van der Waals surface area contributed by atoms with E-state index in [1.54, 1.807) is 0 Å². The van der Waals surface area contributed by atoms with Gasteiger partial charge in [0.25, 0.3) is 0 Å². The Morgan fingerprint density at radius 3 is 1.68 bits per heavy atom. The lowest BCUT2D eigenvalue weighted by molar-refractivity contribution is -0.390. The summed E-state index contributed by atoms with van der Waals surface area (Å²) in [6.45, 7) is 14.5. The molecule has 1 amide bonds. The highest BCUT2D eigenvalue weighted by Crippen LogP contribution is 2.76. The fraction of sp³-hybridized carbons (Fsp3) is 0.861. The number of rotatable bonds is 22. The van der Waals surface area contributed by atoms with Crippen molar-refractivity contribution in [3.63, 3.8) is 0 Å². The number of carbonyl (C=O) groups is 3. The predicted octanol–water partition coefficient (Wildman–Crippen LogP) is -5.64. The van der Waals surface area contributed by atoms with E-state index in [1.165, 1.54) is 38.1 Å². The zero-order valence-electron chi connectivity index (χ0n) is 67.8. The maximum absolute atomic E-state index is 16.5. The van der Waals surface area contributed by atoms with Gasteiger partial charge in [0.05, 0.1) is 57.5 Å². The lowest BCUT2D eigenvalue weighted by Crippen LogP contribution is -2.70. The second kappa shape index (κ2) is 35.6. The van der Waals surface area contributed by atoms with Crippen molar-refractivity contribution in [3.8, 4) is 5.75 Å². The van der Waals surface area contributed by atoms with Crippen LogP contribution in [0.15, 0.2) is 35.9 Å². The Morgan fingerprint density at radius 1 is 0.496 bits per heavy atom. The second-order valence-electron chi connectivity index (χ2n) is 36.6. The van der Waals surface area contributed by atoms with Crippen LogP contribution in [0, 0.1) is 50.2 Å². The van der Waals surface area contributed by atoms with Crippen LogP contribution < -0.4 is 5.48 Å². The zero-order chi connectivity index (χ0) is 86.7. The van der Waals surface area contributed by atoms with Gasteiger partial charge in [-0.25, -0.2) is 10.3 Å². The molecule has 7 aliphatic heterocycles. The van der Waals surface area contributed by atoms with Crippen molar-refractivity contribution in [2.75, 3.05) is 33.0 Å². The quantitative estimate of drug-likeness (QED) is 0.0223. The van der Waals surface area contributed by atoms with E-state index in [0.717, 1.165) is 12.5 Å². The Bertz CT molecular complexity index is 3700. The van der Waals surface area contributed by atoms with Gasteiger partial charge in [0.1, 0.15) is 157 Å². The number of phenolic OH excluding ortho intramolecular Hbond substituents is 1. The molecule has 7 saturated heterocycles. The van der Waals surface area contributed by atoms with Gasteiger partial charge in [0.2, 0.25) is 12.2 Å². The molecule has 1 aromatic carbocycles. The lowest BCUT2D eigenvalue weighted by atomic mass is 9.33. The average Bonchev–Trinajstić information content (AvgIpc) is 1.26. The molecule has 0 spiro atoms. The summed E-state index contributed by atoms with van der Waals surface area (Å²) in [6.07, 6.45) is -57.9. The van der Waals surface area contributed by atoms with Crippen LogP contribution in [-0.4, -0.2) is 374 Å². The van der Waals surface area contributed by atoms with E-state index >= 15 is 4.79 Å². The molecule has 0 bridgehead atoms. The van der Waals surface area contributed by atoms with Crippen LogP contribution in [0.1, 0.15) is 131 Å². The van der Waals surface area contributed by atoms with E-state index in [2.05, 4.69) is 46.2 Å². The summed E-state index contributed by atoms with van der Waals surface area (Å²) in [6, 6.07) is 5.66. The SMILES string of the molecule is CC(=O)NO[C@H]1[C@H](O[C@H]2CC[C@@]3(C)C(CC[C@]4(C)[C@@H]3CC=C3[C@@H]5CC(C)(C)[C@@H](OC(=O)c6ccccc6O)C[C@]5(C(=O)O[C@@H]5O[C@H](CO)[C@@H](O)[C@H](O)[C@H]5O[C@@H]5O[C@@H](C)[C@H](O[C@@H]6O[C@@H](CO)[C@H](O)[C@H]6O)[C@@H](O[C@@H]6O[C@H](CO)[C@@H](O)[C@H](O)[C@H]6O)[C@H]5O)[C@H](O)C[C@]34C)C2(C)C)O[C@H](CO[C@@H]2O[C@H](C)[C@H](O)[C@H](O)[C@H]2O[C@@H]2OC[C@@H](O)[C@H](O)[C@H]2O)[C@@H](O)[C@@H]1O. The summed E-state index contributed by atoms with van der Waals surface area (Å²) in [4.78, 5) is 49.1. The molecule has 0 radical (unpaired) electrons. The Labute approximate surface area is 685 Å². The molecule has 40 nitrogen and oxygen atoms in total. The molecule has 11 fully saturated rings. The molecule has 1 aromatic rings. The Balaban J connectivity index is 0.784. The summed E-state index contributed by atoms with van der Waals surface area (Å²) in [5.41, 5.74) is -3.30. The molecular weight excluding hydrogens is 1590 g/mol. The van der Waals surface area contributed by atoms with E-state index in [9.17, 15) is 112 Å². The third-order valence-corrected chi connectivity index (χ3v) is 28.8. The molecule has 13 rings (SSSR count). The number of aliphatic hydroxyl groups is 19. The Hall–Kier alpha value is -4.15. The molecule has 0 aromatic heterocycles.